The highest BCUT2D eigenvalue weighted by atomic mass is 79.9. The Morgan fingerprint density at radius 1 is 0.778 bits per heavy atom. The van der Waals surface area contributed by atoms with E-state index in [0.717, 1.165) is 22.2 Å². The van der Waals surface area contributed by atoms with E-state index in [1.54, 1.807) is 48.5 Å². The molecule has 0 saturated carbocycles. The summed E-state index contributed by atoms with van der Waals surface area (Å²) in [6, 6.07) is 25.4. The second kappa shape index (κ2) is 10.8. The number of carbonyl (C=O) groups is 2. The molecule has 182 valence electrons. The Balaban J connectivity index is 1.48. The number of anilines is 1. The van der Waals surface area contributed by atoms with Gasteiger partial charge in [0.15, 0.2) is 0 Å². The summed E-state index contributed by atoms with van der Waals surface area (Å²) in [5.74, 6) is -0.739. The maximum Gasteiger partial charge on any atom is 0.416 e. The standard InChI is InChI=1S/C28H20BrF3N2O2/c29-22-14-8-18(9-15-22)17-33-26(35)20-4-3-5-23(16-20)34-27(36)25-7-2-1-6-24(25)19-10-12-21(13-11-19)28(30,31)32/h1-16H,17H2,(H,33,35)(H,34,36). The van der Waals surface area contributed by atoms with Gasteiger partial charge in [-0.1, -0.05) is 64.5 Å². The van der Waals surface area contributed by atoms with Crippen molar-refractivity contribution in [3.8, 4) is 11.1 Å². The third kappa shape index (κ3) is 6.20. The third-order valence-electron chi connectivity index (χ3n) is 5.44. The van der Waals surface area contributed by atoms with E-state index in [2.05, 4.69) is 26.6 Å². The molecule has 4 aromatic carbocycles. The van der Waals surface area contributed by atoms with Crippen LogP contribution in [-0.2, 0) is 12.7 Å². The van der Waals surface area contributed by atoms with Gasteiger partial charge in [-0.2, -0.15) is 13.2 Å². The van der Waals surface area contributed by atoms with Crippen molar-refractivity contribution >= 4 is 33.4 Å². The van der Waals surface area contributed by atoms with E-state index in [0.29, 0.717) is 34.5 Å². The van der Waals surface area contributed by atoms with E-state index in [-0.39, 0.29) is 5.91 Å². The van der Waals surface area contributed by atoms with Gasteiger partial charge >= 0.3 is 6.18 Å². The summed E-state index contributed by atoms with van der Waals surface area (Å²) in [5, 5.41) is 5.62. The molecule has 0 heterocycles. The van der Waals surface area contributed by atoms with Gasteiger partial charge in [0.2, 0.25) is 0 Å². The molecule has 2 amide bonds. The molecule has 2 N–H and O–H groups in total. The van der Waals surface area contributed by atoms with Crippen LogP contribution in [0.1, 0.15) is 31.8 Å². The van der Waals surface area contributed by atoms with Crippen LogP contribution in [0, 0.1) is 0 Å². The van der Waals surface area contributed by atoms with E-state index in [4.69, 9.17) is 0 Å². The number of benzene rings is 4. The normalized spacial score (nSPS) is 11.1. The summed E-state index contributed by atoms with van der Waals surface area (Å²) < 4.78 is 39.7. The van der Waals surface area contributed by atoms with Gasteiger partial charge < -0.3 is 10.6 Å². The molecular weight excluding hydrogens is 533 g/mol. The number of hydrogen-bond donors (Lipinski definition) is 2. The van der Waals surface area contributed by atoms with Gasteiger partial charge in [0.05, 0.1) is 5.56 Å². The molecule has 4 aromatic rings. The number of rotatable bonds is 6. The molecule has 0 bridgehead atoms. The number of nitrogens with one attached hydrogen (secondary N) is 2. The quantitative estimate of drug-likeness (QED) is 0.263. The summed E-state index contributed by atoms with van der Waals surface area (Å²) in [6.45, 7) is 0.350. The lowest BCUT2D eigenvalue weighted by molar-refractivity contribution is -0.137. The number of carbonyl (C=O) groups excluding carboxylic acids is 2. The van der Waals surface area contributed by atoms with Crippen LogP contribution in [0.25, 0.3) is 11.1 Å². The first-order valence-electron chi connectivity index (χ1n) is 10.9. The zero-order valence-corrected chi connectivity index (χ0v) is 20.4. The predicted octanol–water partition coefficient (Wildman–Crippen LogP) is 7.32. The highest BCUT2D eigenvalue weighted by molar-refractivity contribution is 9.10. The highest BCUT2D eigenvalue weighted by Gasteiger charge is 2.30. The molecule has 0 atom stereocenters. The monoisotopic (exact) mass is 552 g/mol. The molecule has 0 saturated heterocycles. The van der Waals surface area contributed by atoms with Crippen LogP contribution in [0.4, 0.5) is 18.9 Å². The topological polar surface area (TPSA) is 58.2 Å². The summed E-state index contributed by atoms with van der Waals surface area (Å²) in [4.78, 5) is 25.7. The summed E-state index contributed by atoms with van der Waals surface area (Å²) in [7, 11) is 0. The molecule has 0 spiro atoms. The molecule has 0 aliphatic heterocycles. The number of hydrogen-bond acceptors (Lipinski definition) is 2. The van der Waals surface area contributed by atoms with Crippen molar-refractivity contribution in [1.82, 2.24) is 5.32 Å². The second-order valence-corrected chi connectivity index (χ2v) is 8.88. The Hall–Kier alpha value is -3.91. The van der Waals surface area contributed by atoms with Crippen LogP contribution in [0.15, 0.2) is 102 Å². The number of halogens is 4. The molecule has 4 rings (SSSR count). The molecule has 0 fully saturated rings. The molecule has 0 unspecified atom stereocenters. The molecule has 4 nitrogen and oxygen atoms in total. The zero-order valence-electron chi connectivity index (χ0n) is 18.8. The minimum atomic E-state index is -4.44. The van der Waals surface area contributed by atoms with Crippen molar-refractivity contribution in [3.05, 3.63) is 124 Å². The fourth-order valence-corrected chi connectivity index (χ4v) is 3.86. The maximum atomic E-state index is 13.1. The summed E-state index contributed by atoms with van der Waals surface area (Å²) >= 11 is 3.37. The Labute approximate surface area is 214 Å². The molecule has 0 radical (unpaired) electrons. The fourth-order valence-electron chi connectivity index (χ4n) is 3.59. The van der Waals surface area contributed by atoms with Crippen LogP contribution >= 0.6 is 15.9 Å². The first kappa shape index (κ1) is 25.2. The Kier molecular flexibility index (Phi) is 7.55. The van der Waals surface area contributed by atoms with Crippen LogP contribution in [-0.4, -0.2) is 11.8 Å². The van der Waals surface area contributed by atoms with Crippen molar-refractivity contribution in [3.63, 3.8) is 0 Å². The van der Waals surface area contributed by atoms with Crippen molar-refractivity contribution in [2.75, 3.05) is 5.32 Å². The van der Waals surface area contributed by atoms with Crippen LogP contribution in [0.2, 0.25) is 0 Å². The van der Waals surface area contributed by atoms with Crippen molar-refractivity contribution in [2.45, 2.75) is 12.7 Å². The average Bonchev–Trinajstić information content (AvgIpc) is 2.88. The number of alkyl halides is 3. The predicted molar refractivity (Wildman–Crippen MR) is 137 cm³/mol. The highest BCUT2D eigenvalue weighted by Crippen LogP contribution is 2.32. The summed E-state index contributed by atoms with van der Waals surface area (Å²) in [6.07, 6.45) is -4.44. The SMILES string of the molecule is O=C(NCc1ccc(Br)cc1)c1cccc(NC(=O)c2ccccc2-c2ccc(C(F)(F)F)cc2)c1. The Bertz CT molecular complexity index is 1390. The minimum Gasteiger partial charge on any atom is -0.348 e. The first-order valence-corrected chi connectivity index (χ1v) is 11.7. The second-order valence-electron chi connectivity index (χ2n) is 7.96. The van der Waals surface area contributed by atoms with Gasteiger partial charge in [-0.3, -0.25) is 9.59 Å². The van der Waals surface area contributed by atoms with Gasteiger partial charge in [0.1, 0.15) is 0 Å². The van der Waals surface area contributed by atoms with E-state index < -0.39 is 17.6 Å². The van der Waals surface area contributed by atoms with Crippen molar-refractivity contribution < 1.29 is 22.8 Å². The van der Waals surface area contributed by atoms with E-state index in [9.17, 15) is 22.8 Å². The lowest BCUT2D eigenvalue weighted by atomic mass is 9.98. The van der Waals surface area contributed by atoms with Gasteiger partial charge in [-0.25, -0.2) is 0 Å². The molecule has 36 heavy (non-hydrogen) atoms. The summed E-state index contributed by atoms with van der Waals surface area (Å²) in [5.41, 5.74) is 2.24. The van der Waals surface area contributed by atoms with Gasteiger partial charge in [0, 0.05) is 27.8 Å². The van der Waals surface area contributed by atoms with Crippen LogP contribution in [0.5, 0.6) is 0 Å². The van der Waals surface area contributed by atoms with Crippen molar-refractivity contribution in [2.24, 2.45) is 0 Å². The zero-order chi connectivity index (χ0) is 25.7. The molecule has 0 aliphatic carbocycles. The third-order valence-corrected chi connectivity index (χ3v) is 5.97. The molecule has 0 aliphatic rings. The Morgan fingerprint density at radius 2 is 1.47 bits per heavy atom. The lowest BCUT2D eigenvalue weighted by Gasteiger charge is -2.13. The van der Waals surface area contributed by atoms with Crippen molar-refractivity contribution in [1.29, 1.82) is 0 Å². The average molecular weight is 553 g/mol. The smallest absolute Gasteiger partial charge is 0.348 e. The Morgan fingerprint density at radius 3 is 2.17 bits per heavy atom. The van der Waals surface area contributed by atoms with E-state index in [1.807, 2.05) is 24.3 Å². The van der Waals surface area contributed by atoms with E-state index >= 15 is 0 Å². The molecule has 0 aromatic heterocycles. The molecule has 8 heteroatoms. The fraction of sp³-hybridized carbons (Fsp3) is 0.0714. The van der Waals surface area contributed by atoms with E-state index in [1.165, 1.54) is 12.1 Å². The maximum absolute atomic E-state index is 13.1. The largest absolute Gasteiger partial charge is 0.416 e. The number of amides is 2. The van der Waals surface area contributed by atoms with Crippen LogP contribution in [0.3, 0.4) is 0 Å². The van der Waals surface area contributed by atoms with Crippen LogP contribution < -0.4 is 10.6 Å². The lowest BCUT2D eigenvalue weighted by Crippen LogP contribution is -2.23. The molecular formula is C28H20BrF3N2O2. The van der Waals surface area contributed by atoms with Gasteiger partial charge in [-0.05, 0) is 65.2 Å². The van der Waals surface area contributed by atoms with Gasteiger partial charge in [-0.15, -0.1) is 0 Å². The van der Waals surface area contributed by atoms with Gasteiger partial charge in [0.25, 0.3) is 11.8 Å². The minimum absolute atomic E-state index is 0.292. The first-order chi connectivity index (χ1) is 17.2.